The molecule has 5 nitrogen and oxygen atoms in total. The summed E-state index contributed by atoms with van der Waals surface area (Å²) in [7, 11) is 0. The van der Waals surface area contributed by atoms with Crippen LogP contribution in [0, 0.1) is 0 Å². The third kappa shape index (κ3) is 3.80. The van der Waals surface area contributed by atoms with Crippen molar-refractivity contribution in [3.05, 3.63) is 80.5 Å². The lowest BCUT2D eigenvalue weighted by Gasteiger charge is -2.10. The molecule has 0 radical (unpaired) electrons. The second-order valence-electron chi connectivity index (χ2n) is 5.18. The maximum Gasteiger partial charge on any atom is 0.573 e. The molecule has 0 spiro atoms. The normalized spacial score (nSPS) is 11.4. The van der Waals surface area contributed by atoms with Gasteiger partial charge in [-0.2, -0.15) is 0 Å². The van der Waals surface area contributed by atoms with Crippen LogP contribution in [0.2, 0.25) is 5.02 Å². The zero-order chi connectivity index (χ0) is 18.9. The Morgan fingerprint density at radius 2 is 1.65 bits per heavy atom. The number of hydrogen-bond donors (Lipinski definition) is 1. The van der Waals surface area contributed by atoms with Crippen molar-refractivity contribution in [1.82, 2.24) is 9.55 Å². The molecule has 9 heteroatoms. The van der Waals surface area contributed by atoms with Gasteiger partial charge < -0.3 is 9.72 Å². The van der Waals surface area contributed by atoms with Crippen molar-refractivity contribution in [3.8, 4) is 22.7 Å². The van der Waals surface area contributed by atoms with E-state index in [1.165, 1.54) is 18.2 Å². The van der Waals surface area contributed by atoms with Gasteiger partial charge in [-0.15, -0.1) is 13.2 Å². The number of aromatic nitrogens is 2. The van der Waals surface area contributed by atoms with Crippen LogP contribution in [-0.2, 0) is 0 Å². The predicted molar refractivity (Wildman–Crippen MR) is 89.8 cm³/mol. The second-order valence-corrected chi connectivity index (χ2v) is 5.59. The molecule has 0 aliphatic carbocycles. The maximum atomic E-state index is 12.3. The molecular formula is C17H10ClF3N2O3. The third-order valence-electron chi connectivity index (χ3n) is 3.43. The summed E-state index contributed by atoms with van der Waals surface area (Å²) < 4.78 is 41.1. The smallest absolute Gasteiger partial charge is 0.406 e. The van der Waals surface area contributed by atoms with Gasteiger partial charge in [0.05, 0.1) is 11.4 Å². The van der Waals surface area contributed by atoms with E-state index in [0.717, 1.165) is 16.7 Å². The Morgan fingerprint density at radius 3 is 2.23 bits per heavy atom. The van der Waals surface area contributed by atoms with Crippen molar-refractivity contribution in [1.29, 1.82) is 0 Å². The van der Waals surface area contributed by atoms with E-state index in [-0.39, 0.29) is 11.4 Å². The molecule has 2 aromatic carbocycles. The highest BCUT2D eigenvalue weighted by molar-refractivity contribution is 6.33. The molecule has 3 aromatic rings. The number of hydrogen-bond acceptors (Lipinski definition) is 3. The summed E-state index contributed by atoms with van der Waals surface area (Å²) in [4.78, 5) is 27.2. The first-order chi connectivity index (χ1) is 12.2. The zero-order valence-electron chi connectivity index (χ0n) is 12.9. The van der Waals surface area contributed by atoms with E-state index in [2.05, 4.69) is 9.72 Å². The molecule has 134 valence electrons. The second kappa shape index (κ2) is 6.72. The number of nitrogens with one attached hydrogen (secondary N) is 1. The molecule has 0 atom stereocenters. The quantitative estimate of drug-likeness (QED) is 0.750. The molecule has 0 aliphatic heterocycles. The third-order valence-corrected chi connectivity index (χ3v) is 3.76. The minimum Gasteiger partial charge on any atom is -0.406 e. The van der Waals surface area contributed by atoms with Gasteiger partial charge in [0.1, 0.15) is 5.75 Å². The van der Waals surface area contributed by atoms with E-state index in [0.29, 0.717) is 10.6 Å². The lowest BCUT2D eigenvalue weighted by atomic mass is 10.1. The van der Waals surface area contributed by atoms with E-state index in [1.807, 2.05) is 0 Å². The molecule has 1 N–H and O–H groups in total. The van der Waals surface area contributed by atoms with Crippen LogP contribution in [0.3, 0.4) is 0 Å². The van der Waals surface area contributed by atoms with Gasteiger partial charge >= 0.3 is 12.1 Å². The number of H-pyrrole nitrogens is 1. The topological polar surface area (TPSA) is 64.1 Å². The lowest BCUT2D eigenvalue weighted by molar-refractivity contribution is -0.274. The first-order valence-electron chi connectivity index (χ1n) is 7.22. The van der Waals surface area contributed by atoms with Crippen LogP contribution in [0.5, 0.6) is 5.75 Å². The molecular weight excluding hydrogens is 373 g/mol. The number of benzene rings is 2. The van der Waals surface area contributed by atoms with Crippen molar-refractivity contribution < 1.29 is 17.9 Å². The average Bonchev–Trinajstić information content (AvgIpc) is 2.55. The fraction of sp³-hybridized carbons (Fsp3) is 0.0588. The van der Waals surface area contributed by atoms with Crippen molar-refractivity contribution in [2.24, 2.45) is 0 Å². The van der Waals surface area contributed by atoms with Crippen LogP contribution in [0.15, 0.2) is 64.2 Å². The van der Waals surface area contributed by atoms with E-state index < -0.39 is 23.4 Å². The van der Waals surface area contributed by atoms with Gasteiger partial charge in [-0.05, 0) is 30.3 Å². The van der Waals surface area contributed by atoms with E-state index in [9.17, 15) is 22.8 Å². The van der Waals surface area contributed by atoms with Gasteiger partial charge in [0.25, 0.3) is 5.56 Å². The van der Waals surface area contributed by atoms with Crippen LogP contribution in [-0.4, -0.2) is 15.9 Å². The molecule has 0 fully saturated rings. The summed E-state index contributed by atoms with van der Waals surface area (Å²) in [5.41, 5.74) is -0.607. The Bertz CT molecular complexity index is 1030. The Kier molecular flexibility index (Phi) is 4.60. The number of nitrogens with zero attached hydrogens (tertiary/aromatic N) is 1. The summed E-state index contributed by atoms with van der Waals surface area (Å²) in [6.45, 7) is 0. The van der Waals surface area contributed by atoms with Crippen molar-refractivity contribution >= 4 is 11.6 Å². The molecule has 1 heterocycles. The summed E-state index contributed by atoms with van der Waals surface area (Å²) in [6, 6.07) is 12.2. The highest BCUT2D eigenvalue weighted by atomic mass is 35.5. The first-order valence-corrected chi connectivity index (χ1v) is 7.60. The summed E-state index contributed by atoms with van der Waals surface area (Å²) >= 11 is 6.05. The van der Waals surface area contributed by atoms with Crippen molar-refractivity contribution in [2.45, 2.75) is 6.36 Å². The summed E-state index contributed by atoms with van der Waals surface area (Å²) in [6.07, 6.45) is -4.83. The Balaban J connectivity index is 2.01. The number of halogens is 4. The van der Waals surface area contributed by atoms with Gasteiger partial charge in [0, 0.05) is 16.7 Å². The van der Waals surface area contributed by atoms with Crippen LogP contribution in [0.25, 0.3) is 16.9 Å². The molecule has 0 saturated carbocycles. The van der Waals surface area contributed by atoms with Crippen LogP contribution < -0.4 is 16.0 Å². The van der Waals surface area contributed by atoms with Gasteiger partial charge in [0.2, 0.25) is 0 Å². The minimum absolute atomic E-state index is 0.0940. The molecule has 0 amide bonds. The Labute approximate surface area is 149 Å². The van der Waals surface area contributed by atoms with Gasteiger partial charge in [-0.25, -0.2) is 9.36 Å². The SMILES string of the molecule is O=c1cc(-c2ccccc2Cl)[nH]c(=O)n1-c1ccc(OC(F)(F)F)cc1. The van der Waals surface area contributed by atoms with Crippen LogP contribution >= 0.6 is 11.6 Å². The molecule has 1 aromatic heterocycles. The maximum absolute atomic E-state index is 12.3. The molecule has 0 aliphatic rings. The number of rotatable bonds is 3. The Morgan fingerprint density at radius 1 is 1.00 bits per heavy atom. The fourth-order valence-corrected chi connectivity index (χ4v) is 2.60. The highest BCUT2D eigenvalue weighted by Crippen LogP contribution is 2.25. The van der Waals surface area contributed by atoms with E-state index in [1.54, 1.807) is 24.3 Å². The summed E-state index contributed by atoms with van der Waals surface area (Å²) in [5.74, 6) is -0.460. The molecule has 3 rings (SSSR count). The van der Waals surface area contributed by atoms with Gasteiger partial charge in [-0.3, -0.25) is 4.79 Å². The number of ether oxygens (including phenoxy) is 1. The standard InChI is InChI=1S/C17H10ClF3N2O3/c18-13-4-2-1-3-12(13)14-9-15(24)23(16(25)22-14)10-5-7-11(8-6-10)26-17(19,20)21/h1-9H,(H,22,25). The summed E-state index contributed by atoms with van der Waals surface area (Å²) in [5, 5.41) is 0.356. The van der Waals surface area contributed by atoms with Crippen LogP contribution in [0.1, 0.15) is 0 Å². The lowest BCUT2D eigenvalue weighted by Crippen LogP contribution is -2.33. The van der Waals surface area contributed by atoms with Gasteiger partial charge in [0.15, 0.2) is 0 Å². The molecule has 0 bridgehead atoms. The van der Waals surface area contributed by atoms with Crippen LogP contribution in [0.4, 0.5) is 13.2 Å². The molecule has 26 heavy (non-hydrogen) atoms. The zero-order valence-corrected chi connectivity index (χ0v) is 13.6. The Hall–Kier alpha value is -3.00. The number of aromatic amines is 1. The first kappa shape index (κ1) is 17.8. The predicted octanol–water partition coefficient (Wildman–Crippen LogP) is 3.74. The highest BCUT2D eigenvalue weighted by Gasteiger charge is 2.31. The minimum atomic E-state index is -4.83. The number of alkyl halides is 3. The molecule has 0 unspecified atom stereocenters. The van der Waals surface area contributed by atoms with Crippen molar-refractivity contribution in [2.75, 3.05) is 0 Å². The average molecular weight is 383 g/mol. The van der Waals surface area contributed by atoms with Crippen molar-refractivity contribution in [3.63, 3.8) is 0 Å². The monoisotopic (exact) mass is 382 g/mol. The van der Waals surface area contributed by atoms with E-state index >= 15 is 0 Å². The van der Waals surface area contributed by atoms with Gasteiger partial charge in [-0.1, -0.05) is 29.8 Å². The largest absolute Gasteiger partial charge is 0.573 e. The fourth-order valence-electron chi connectivity index (χ4n) is 2.36. The molecule has 0 saturated heterocycles. The van der Waals surface area contributed by atoms with E-state index in [4.69, 9.17) is 11.6 Å².